The van der Waals surface area contributed by atoms with Gasteiger partial charge in [-0.2, -0.15) is 0 Å². The van der Waals surface area contributed by atoms with Crippen LogP contribution >= 0.6 is 0 Å². The molecule has 0 aromatic carbocycles. The number of amides is 1. The fourth-order valence-electron chi connectivity index (χ4n) is 3.66. The lowest BCUT2D eigenvalue weighted by Crippen LogP contribution is -2.34. The van der Waals surface area contributed by atoms with Crippen LogP contribution in [0.2, 0.25) is 0 Å². The van der Waals surface area contributed by atoms with Gasteiger partial charge in [0.05, 0.1) is 0 Å². The number of hydrogen-bond acceptors (Lipinski definition) is 1. The zero-order valence-corrected chi connectivity index (χ0v) is 12.2. The van der Waals surface area contributed by atoms with Gasteiger partial charge >= 0.3 is 0 Å². The summed E-state index contributed by atoms with van der Waals surface area (Å²) in [6.45, 7) is 4.09. The van der Waals surface area contributed by atoms with Gasteiger partial charge in [0.15, 0.2) is 0 Å². The molecule has 3 aliphatic carbocycles. The Bertz CT molecular complexity index is 358. The fourth-order valence-corrected chi connectivity index (χ4v) is 3.66. The molecule has 0 spiro atoms. The Labute approximate surface area is 117 Å². The van der Waals surface area contributed by atoms with Gasteiger partial charge in [-0.05, 0) is 62.2 Å². The van der Waals surface area contributed by atoms with Crippen LogP contribution in [0.25, 0.3) is 0 Å². The molecule has 1 amide bonds. The van der Waals surface area contributed by atoms with E-state index in [-0.39, 0.29) is 0 Å². The van der Waals surface area contributed by atoms with Crippen LogP contribution in [0.1, 0.15) is 51.9 Å². The van der Waals surface area contributed by atoms with E-state index in [0.717, 1.165) is 36.8 Å². The van der Waals surface area contributed by atoms with Crippen molar-refractivity contribution in [1.29, 1.82) is 0 Å². The Balaban J connectivity index is 1.49. The molecule has 2 nitrogen and oxygen atoms in total. The summed E-state index contributed by atoms with van der Waals surface area (Å²) in [5, 5.41) is 0. The van der Waals surface area contributed by atoms with Crippen LogP contribution in [-0.4, -0.2) is 23.9 Å². The maximum Gasteiger partial charge on any atom is 0.222 e. The van der Waals surface area contributed by atoms with E-state index in [1.54, 1.807) is 0 Å². The quantitative estimate of drug-likeness (QED) is 0.669. The van der Waals surface area contributed by atoms with Gasteiger partial charge in [0.25, 0.3) is 0 Å². The van der Waals surface area contributed by atoms with Gasteiger partial charge in [0.1, 0.15) is 0 Å². The summed E-state index contributed by atoms with van der Waals surface area (Å²) in [6.07, 6.45) is 13.4. The van der Waals surface area contributed by atoms with E-state index in [0.29, 0.717) is 12.3 Å². The van der Waals surface area contributed by atoms with Crippen molar-refractivity contribution in [1.82, 2.24) is 4.90 Å². The number of carbonyl (C=O) groups is 1. The highest BCUT2D eigenvalue weighted by molar-refractivity contribution is 5.75. The summed E-state index contributed by atoms with van der Waals surface area (Å²) in [7, 11) is 0. The minimum Gasteiger partial charge on any atom is -0.342 e. The molecule has 2 heteroatoms. The van der Waals surface area contributed by atoms with Crippen molar-refractivity contribution in [2.24, 2.45) is 23.7 Å². The van der Waals surface area contributed by atoms with Crippen LogP contribution < -0.4 is 0 Å². The number of hydrogen-bond donors (Lipinski definition) is 0. The smallest absolute Gasteiger partial charge is 0.222 e. The topological polar surface area (TPSA) is 20.3 Å². The minimum absolute atomic E-state index is 0.376. The third-order valence-corrected chi connectivity index (χ3v) is 5.18. The molecule has 0 radical (unpaired) electrons. The second kappa shape index (κ2) is 5.68. The van der Waals surface area contributed by atoms with Crippen molar-refractivity contribution in [2.45, 2.75) is 51.9 Å². The monoisotopic (exact) mass is 261 g/mol. The van der Waals surface area contributed by atoms with Crippen LogP contribution in [-0.2, 0) is 4.79 Å². The summed E-state index contributed by atoms with van der Waals surface area (Å²) in [5.41, 5.74) is 0. The van der Waals surface area contributed by atoms with E-state index in [4.69, 9.17) is 0 Å². The standard InChI is InChI=1S/C17H27NO/c1-2-17(19)18(11-13-8-9-13)12-15-10-16(15)14-6-4-3-5-7-14/h3-4,13-16H,2,5-12H2,1H3/t14?,15-,16?/m1/s1. The number of rotatable bonds is 6. The van der Waals surface area contributed by atoms with Crippen molar-refractivity contribution >= 4 is 5.91 Å². The number of nitrogens with zero attached hydrogens (tertiary/aromatic N) is 1. The Hall–Kier alpha value is -0.790. The van der Waals surface area contributed by atoms with E-state index in [2.05, 4.69) is 17.1 Å². The average Bonchev–Trinajstić information content (AvgIpc) is 3.34. The first-order chi connectivity index (χ1) is 9.28. The largest absolute Gasteiger partial charge is 0.342 e. The summed E-state index contributed by atoms with van der Waals surface area (Å²) >= 11 is 0. The first-order valence-electron chi connectivity index (χ1n) is 8.20. The average molecular weight is 261 g/mol. The van der Waals surface area contributed by atoms with E-state index in [1.807, 2.05) is 6.92 Å². The number of allylic oxidation sites excluding steroid dienone is 2. The van der Waals surface area contributed by atoms with Gasteiger partial charge in [0, 0.05) is 19.5 Å². The van der Waals surface area contributed by atoms with Gasteiger partial charge < -0.3 is 4.90 Å². The lowest BCUT2D eigenvalue weighted by molar-refractivity contribution is -0.131. The Morgan fingerprint density at radius 3 is 2.68 bits per heavy atom. The van der Waals surface area contributed by atoms with Crippen LogP contribution in [0.15, 0.2) is 12.2 Å². The predicted octanol–water partition coefficient (Wildman–Crippen LogP) is 3.63. The highest BCUT2D eigenvalue weighted by atomic mass is 16.2. The lowest BCUT2D eigenvalue weighted by Gasteiger charge is -2.24. The molecule has 0 saturated heterocycles. The molecule has 0 heterocycles. The van der Waals surface area contributed by atoms with Gasteiger partial charge in [0.2, 0.25) is 5.91 Å². The predicted molar refractivity (Wildman–Crippen MR) is 77.7 cm³/mol. The van der Waals surface area contributed by atoms with Crippen LogP contribution in [0, 0.1) is 23.7 Å². The van der Waals surface area contributed by atoms with Crippen molar-refractivity contribution in [2.75, 3.05) is 13.1 Å². The minimum atomic E-state index is 0.376. The molecular formula is C17H27NO. The third kappa shape index (κ3) is 3.40. The molecule has 3 atom stereocenters. The Morgan fingerprint density at radius 2 is 2.05 bits per heavy atom. The maximum atomic E-state index is 12.0. The zero-order chi connectivity index (χ0) is 13.2. The highest BCUT2D eigenvalue weighted by Crippen LogP contribution is 2.49. The van der Waals surface area contributed by atoms with E-state index < -0.39 is 0 Å². The SMILES string of the molecule is CCC(=O)N(CC1CC1)C[C@H]1CC1C1CC=CCC1. The molecule has 2 saturated carbocycles. The van der Waals surface area contributed by atoms with Gasteiger partial charge in [-0.25, -0.2) is 0 Å². The molecule has 2 fully saturated rings. The summed E-state index contributed by atoms with van der Waals surface area (Å²) in [5.74, 6) is 3.84. The van der Waals surface area contributed by atoms with Crippen LogP contribution in [0.4, 0.5) is 0 Å². The summed E-state index contributed by atoms with van der Waals surface area (Å²) in [6, 6.07) is 0. The maximum absolute atomic E-state index is 12.0. The van der Waals surface area contributed by atoms with E-state index in [9.17, 15) is 4.79 Å². The first-order valence-corrected chi connectivity index (χ1v) is 8.20. The molecule has 0 aromatic heterocycles. The molecular weight excluding hydrogens is 234 g/mol. The van der Waals surface area contributed by atoms with Gasteiger partial charge in [-0.1, -0.05) is 19.1 Å². The molecule has 0 bridgehead atoms. The Kier molecular flexibility index (Phi) is 3.95. The molecule has 0 aromatic rings. The molecule has 2 unspecified atom stereocenters. The van der Waals surface area contributed by atoms with Gasteiger partial charge in [-0.15, -0.1) is 0 Å². The summed E-state index contributed by atoms with van der Waals surface area (Å²) < 4.78 is 0. The molecule has 19 heavy (non-hydrogen) atoms. The van der Waals surface area contributed by atoms with Gasteiger partial charge in [-0.3, -0.25) is 4.79 Å². The fraction of sp³-hybridized carbons (Fsp3) is 0.824. The zero-order valence-electron chi connectivity index (χ0n) is 12.2. The van der Waals surface area contributed by atoms with Crippen LogP contribution in [0.3, 0.4) is 0 Å². The molecule has 0 N–H and O–H groups in total. The normalized spacial score (nSPS) is 33.2. The van der Waals surface area contributed by atoms with Crippen LogP contribution in [0.5, 0.6) is 0 Å². The number of carbonyl (C=O) groups excluding carboxylic acids is 1. The van der Waals surface area contributed by atoms with Crippen molar-refractivity contribution < 1.29 is 4.79 Å². The van der Waals surface area contributed by atoms with Crippen molar-refractivity contribution in [3.63, 3.8) is 0 Å². The molecule has 106 valence electrons. The third-order valence-electron chi connectivity index (χ3n) is 5.18. The highest BCUT2D eigenvalue weighted by Gasteiger charge is 2.43. The second-order valence-corrected chi connectivity index (χ2v) is 6.80. The second-order valence-electron chi connectivity index (χ2n) is 6.80. The first kappa shape index (κ1) is 13.2. The Morgan fingerprint density at radius 1 is 1.21 bits per heavy atom. The lowest BCUT2D eigenvalue weighted by atomic mass is 9.89. The van der Waals surface area contributed by atoms with E-state index in [1.165, 1.54) is 38.5 Å². The summed E-state index contributed by atoms with van der Waals surface area (Å²) in [4.78, 5) is 14.2. The molecule has 3 aliphatic rings. The van der Waals surface area contributed by atoms with Crippen molar-refractivity contribution in [3.05, 3.63) is 12.2 Å². The van der Waals surface area contributed by atoms with E-state index >= 15 is 0 Å². The molecule has 3 rings (SSSR count). The van der Waals surface area contributed by atoms with Crippen molar-refractivity contribution in [3.8, 4) is 0 Å². The molecule has 0 aliphatic heterocycles.